The van der Waals surface area contributed by atoms with Gasteiger partial charge in [-0.05, 0) is 31.4 Å². The van der Waals surface area contributed by atoms with E-state index in [1.807, 2.05) is 12.3 Å². The van der Waals surface area contributed by atoms with Crippen LogP contribution in [0.5, 0.6) is 0 Å². The zero-order valence-corrected chi connectivity index (χ0v) is 9.38. The van der Waals surface area contributed by atoms with E-state index in [1.54, 1.807) is 0 Å². The largest absolute Gasteiger partial charge is 0.309 e. The lowest BCUT2D eigenvalue weighted by molar-refractivity contribution is 0.527. The van der Waals surface area contributed by atoms with E-state index in [1.165, 1.54) is 11.3 Å². The number of rotatable bonds is 5. The highest BCUT2D eigenvalue weighted by Gasteiger charge is 2.02. The summed E-state index contributed by atoms with van der Waals surface area (Å²) in [5.41, 5.74) is 2.54. The molecule has 2 nitrogen and oxygen atoms in total. The molecule has 0 saturated carbocycles. The van der Waals surface area contributed by atoms with Crippen LogP contribution in [0.1, 0.15) is 38.4 Å². The molecule has 0 radical (unpaired) electrons. The molecule has 1 N–H and O–H groups in total. The van der Waals surface area contributed by atoms with Gasteiger partial charge in [0, 0.05) is 18.8 Å². The van der Waals surface area contributed by atoms with Crippen molar-refractivity contribution in [2.24, 2.45) is 0 Å². The second-order valence-corrected chi connectivity index (χ2v) is 3.65. The summed E-state index contributed by atoms with van der Waals surface area (Å²) < 4.78 is 0. The number of hydrogen-bond acceptors (Lipinski definition) is 2. The molecule has 0 fully saturated rings. The molecule has 0 saturated heterocycles. The summed E-state index contributed by atoms with van der Waals surface area (Å²) >= 11 is 0. The Kier molecular flexibility index (Phi) is 4.60. The summed E-state index contributed by atoms with van der Waals surface area (Å²) in [6.45, 7) is 7.45. The fourth-order valence-corrected chi connectivity index (χ4v) is 1.37. The summed E-state index contributed by atoms with van der Waals surface area (Å²) in [5.74, 6) is 0. The minimum atomic E-state index is 0.571. The number of nitrogens with zero attached hydrogens (tertiary/aromatic N) is 1. The number of hydrogen-bond donors (Lipinski definition) is 1. The van der Waals surface area contributed by atoms with Crippen LogP contribution < -0.4 is 5.32 Å². The number of pyridine rings is 1. The Bertz CT molecular complexity index is 271. The normalized spacial score (nSPS) is 12.8. The summed E-state index contributed by atoms with van der Waals surface area (Å²) in [6.07, 6.45) is 4.09. The lowest BCUT2D eigenvalue weighted by atomic mass is 10.1. The van der Waals surface area contributed by atoms with Gasteiger partial charge in [0.05, 0.1) is 5.69 Å². The molecule has 78 valence electrons. The van der Waals surface area contributed by atoms with Gasteiger partial charge in [-0.3, -0.25) is 4.98 Å². The van der Waals surface area contributed by atoms with Crippen LogP contribution in [0.15, 0.2) is 18.3 Å². The Morgan fingerprint density at radius 2 is 2.21 bits per heavy atom. The van der Waals surface area contributed by atoms with E-state index in [-0.39, 0.29) is 0 Å². The van der Waals surface area contributed by atoms with Crippen LogP contribution in [-0.4, -0.2) is 11.0 Å². The molecule has 1 heterocycles. The Morgan fingerprint density at radius 3 is 2.86 bits per heavy atom. The van der Waals surface area contributed by atoms with Gasteiger partial charge in [0.2, 0.25) is 0 Å². The third kappa shape index (κ3) is 3.11. The zero-order valence-electron chi connectivity index (χ0n) is 9.38. The van der Waals surface area contributed by atoms with Crippen LogP contribution in [0, 0.1) is 0 Å². The topological polar surface area (TPSA) is 24.9 Å². The third-order valence-corrected chi connectivity index (χ3v) is 2.60. The van der Waals surface area contributed by atoms with E-state index < -0.39 is 0 Å². The maximum Gasteiger partial charge on any atom is 0.0573 e. The van der Waals surface area contributed by atoms with Crippen molar-refractivity contribution in [2.75, 3.05) is 0 Å². The van der Waals surface area contributed by atoms with E-state index in [0.29, 0.717) is 6.04 Å². The molecule has 1 aromatic rings. The smallest absolute Gasteiger partial charge is 0.0573 e. The van der Waals surface area contributed by atoms with Crippen LogP contribution in [0.2, 0.25) is 0 Å². The van der Waals surface area contributed by atoms with Gasteiger partial charge in [-0.2, -0.15) is 0 Å². The Labute approximate surface area is 86.8 Å². The van der Waals surface area contributed by atoms with Gasteiger partial charge in [-0.1, -0.05) is 19.9 Å². The van der Waals surface area contributed by atoms with Gasteiger partial charge in [0.25, 0.3) is 0 Å². The number of aryl methyl sites for hydroxylation is 1. The molecule has 0 aromatic carbocycles. The zero-order chi connectivity index (χ0) is 10.4. The van der Waals surface area contributed by atoms with E-state index >= 15 is 0 Å². The first-order valence-electron chi connectivity index (χ1n) is 5.44. The lowest BCUT2D eigenvalue weighted by Gasteiger charge is -2.12. The SMILES string of the molecule is CCc1cccnc1CNC(C)CC. The minimum Gasteiger partial charge on any atom is -0.309 e. The molecule has 1 atom stereocenters. The Hall–Kier alpha value is -0.890. The molecule has 14 heavy (non-hydrogen) atoms. The second-order valence-electron chi connectivity index (χ2n) is 3.65. The molecule has 0 aliphatic carbocycles. The van der Waals surface area contributed by atoms with Crippen LogP contribution >= 0.6 is 0 Å². The Balaban J connectivity index is 2.57. The second kappa shape index (κ2) is 5.76. The molecule has 1 aromatic heterocycles. The van der Waals surface area contributed by atoms with Crippen molar-refractivity contribution in [3.63, 3.8) is 0 Å². The highest BCUT2D eigenvalue weighted by molar-refractivity contribution is 5.19. The molecule has 0 aliphatic rings. The van der Waals surface area contributed by atoms with Crippen LogP contribution in [-0.2, 0) is 13.0 Å². The lowest BCUT2D eigenvalue weighted by Crippen LogP contribution is -2.25. The predicted molar refractivity (Wildman–Crippen MR) is 60.2 cm³/mol. The van der Waals surface area contributed by atoms with Gasteiger partial charge in [-0.15, -0.1) is 0 Å². The summed E-state index contributed by atoms with van der Waals surface area (Å²) in [4.78, 5) is 4.39. The van der Waals surface area contributed by atoms with Crippen LogP contribution in [0.3, 0.4) is 0 Å². The predicted octanol–water partition coefficient (Wildman–Crippen LogP) is 2.53. The Morgan fingerprint density at radius 1 is 1.43 bits per heavy atom. The molecular formula is C12H20N2. The van der Waals surface area contributed by atoms with E-state index in [2.05, 4.69) is 37.1 Å². The average Bonchev–Trinajstić information content (AvgIpc) is 2.26. The van der Waals surface area contributed by atoms with Crippen molar-refractivity contribution < 1.29 is 0 Å². The monoisotopic (exact) mass is 192 g/mol. The highest BCUT2D eigenvalue weighted by atomic mass is 14.9. The van der Waals surface area contributed by atoms with E-state index in [4.69, 9.17) is 0 Å². The van der Waals surface area contributed by atoms with Crippen molar-refractivity contribution in [3.8, 4) is 0 Å². The molecule has 0 spiro atoms. The molecule has 2 heteroatoms. The van der Waals surface area contributed by atoms with Gasteiger partial charge in [0.15, 0.2) is 0 Å². The third-order valence-electron chi connectivity index (χ3n) is 2.60. The number of nitrogens with one attached hydrogen (secondary N) is 1. The van der Waals surface area contributed by atoms with Crippen molar-refractivity contribution in [1.82, 2.24) is 10.3 Å². The van der Waals surface area contributed by atoms with Gasteiger partial charge in [-0.25, -0.2) is 0 Å². The van der Waals surface area contributed by atoms with Crippen molar-refractivity contribution in [2.45, 2.75) is 46.2 Å². The average molecular weight is 192 g/mol. The first-order chi connectivity index (χ1) is 6.77. The first kappa shape index (κ1) is 11.2. The van der Waals surface area contributed by atoms with Crippen molar-refractivity contribution >= 4 is 0 Å². The van der Waals surface area contributed by atoms with Crippen LogP contribution in [0.25, 0.3) is 0 Å². The quantitative estimate of drug-likeness (QED) is 0.775. The summed E-state index contributed by atoms with van der Waals surface area (Å²) in [5, 5.41) is 3.46. The summed E-state index contributed by atoms with van der Waals surface area (Å²) in [7, 11) is 0. The standard InChI is InChI=1S/C12H20N2/c1-4-10(3)14-9-12-11(5-2)7-6-8-13-12/h6-8,10,14H,4-5,9H2,1-3H3. The molecule has 0 bridgehead atoms. The van der Waals surface area contributed by atoms with E-state index in [0.717, 1.165) is 19.4 Å². The molecular weight excluding hydrogens is 172 g/mol. The number of aromatic nitrogens is 1. The van der Waals surface area contributed by atoms with Crippen LogP contribution in [0.4, 0.5) is 0 Å². The maximum absolute atomic E-state index is 4.39. The fourth-order valence-electron chi connectivity index (χ4n) is 1.37. The summed E-state index contributed by atoms with van der Waals surface area (Å²) in [6, 6.07) is 4.73. The van der Waals surface area contributed by atoms with E-state index in [9.17, 15) is 0 Å². The maximum atomic E-state index is 4.39. The van der Waals surface area contributed by atoms with Crippen molar-refractivity contribution in [1.29, 1.82) is 0 Å². The van der Waals surface area contributed by atoms with Gasteiger partial charge < -0.3 is 5.32 Å². The van der Waals surface area contributed by atoms with Crippen molar-refractivity contribution in [3.05, 3.63) is 29.6 Å². The highest BCUT2D eigenvalue weighted by Crippen LogP contribution is 2.06. The molecule has 1 unspecified atom stereocenters. The van der Waals surface area contributed by atoms with Gasteiger partial charge >= 0.3 is 0 Å². The first-order valence-corrected chi connectivity index (χ1v) is 5.44. The van der Waals surface area contributed by atoms with Gasteiger partial charge in [0.1, 0.15) is 0 Å². The molecule has 1 rings (SSSR count). The molecule has 0 amide bonds. The fraction of sp³-hybridized carbons (Fsp3) is 0.583. The molecule has 0 aliphatic heterocycles. The minimum absolute atomic E-state index is 0.571.